The maximum Gasteiger partial charge on any atom is 0.244 e. The molecule has 1 aromatic carbocycles. The molecule has 1 aliphatic heterocycles. The van der Waals surface area contributed by atoms with Gasteiger partial charge in [0.25, 0.3) is 0 Å². The number of rotatable bonds is 1. The van der Waals surface area contributed by atoms with Gasteiger partial charge in [0, 0.05) is 17.6 Å². The summed E-state index contributed by atoms with van der Waals surface area (Å²) in [6, 6.07) is 7.60. The zero-order chi connectivity index (χ0) is 9.97. The summed E-state index contributed by atoms with van der Waals surface area (Å²) >= 11 is 0. The van der Waals surface area contributed by atoms with E-state index in [1.54, 1.807) is 6.08 Å². The molecule has 0 aliphatic carbocycles. The van der Waals surface area contributed by atoms with Crippen LogP contribution in [0.4, 0.5) is 0 Å². The zero-order valence-electron chi connectivity index (χ0n) is 7.69. The fourth-order valence-corrected chi connectivity index (χ4v) is 1.46. The first-order valence-electron chi connectivity index (χ1n) is 4.49. The number of benzene rings is 1. The highest BCUT2D eigenvalue weighted by Gasteiger charge is 2.11. The van der Waals surface area contributed by atoms with E-state index in [9.17, 15) is 4.79 Å². The van der Waals surface area contributed by atoms with Gasteiger partial charge in [-0.15, -0.1) is 0 Å². The molecule has 0 saturated heterocycles. The molecule has 1 aliphatic rings. The van der Waals surface area contributed by atoms with Gasteiger partial charge in [-0.25, -0.2) is 0 Å². The number of para-hydroxylation sites is 1. The van der Waals surface area contributed by atoms with Crippen molar-refractivity contribution in [2.45, 2.75) is 6.42 Å². The van der Waals surface area contributed by atoms with Crippen molar-refractivity contribution < 1.29 is 9.53 Å². The van der Waals surface area contributed by atoms with Crippen LogP contribution in [0.3, 0.4) is 0 Å². The number of carbonyl (C=O) groups is 1. The lowest BCUT2D eigenvalue weighted by Crippen LogP contribution is -2.14. The minimum absolute atomic E-state index is 0.370. The number of nitrogens with two attached hydrogens (primary N) is 1. The van der Waals surface area contributed by atoms with Crippen LogP contribution in [0, 0.1) is 0 Å². The van der Waals surface area contributed by atoms with Crippen LogP contribution in [0.25, 0.3) is 6.08 Å². The van der Waals surface area contributed by atoms with Crippen molar-refractivity contribution in [1.29, 1.82) is 0 Å². The number of primary amides is 1. The van der Waals surface area contributed by atoms with E-state index < -0.39 is 0 Å². The Bertz CT molecular complexity index is 396. The first kappa shape index (κ1) is 8.81. The van der Waals surface area contributed by atoms with Crippen molar-refractivity contribution in [2.75, 3.05) is 6.61 Å². The molecule has 0 spiro atoms. The Labute approximate surface area is 82.2 Å². The Morgan fingerprint density at radius 3 is 2.93 bits per heavy atom. The van der Waals surface area contributed by atoms with Gasteiger partial charge in [-0.1, -0.05) is 18.2 Å². The van der Waals surface area contributed by atoms with E-state index in [2.05, 4.69) is 0 Å². The van der Waals surface area contributed by atoms with Gasteiger partial charge in [-0.3, -0.25) is 4.79 Å². The van der Waals surface area contributed by atoms with Crippen molar-refractivity contribution in [2.24, 2.45) is 5.73 Å². The second-order valence-electron chi connectivity index (χ2n) is 3.17. The van der Waals surface area contributed by atoms with E-state index in [0.717, 1.165) is 11.3 Å². The molecule has 72 valence electrons. The smallest absolute Gasteiger partial charge is 0.244 e. The normalized spacial score (nSPS) is 14.7. The first-order valence-corrected chi connectivity index (χ1v) is 4.49. The second-order valence-corrected chi connectivity index (χ2v) is 3.17. The van der Waals surface area contributed by atoms with E-state index in [0.29, 0.717) is 18.6 Å². The van der Waals surface area contributed by atoms with Crippen LogP contribution in [0.2, 0.25) is 0 Å². The standard InChI is InChI=1S/C11H11NO2/c12-11(13)9-5-6-14-10-4-2-1-3-8(10)7-9/h1-4,7H,5-6H2,(H2,12,13). The number of amides is 1. The third-order valence-corrected chi connectivity index (χ3v) is 2.19. The monoisotopic (exact) mass is 189 g/mol. The molecule has 2 rings (SSSR count). The maximum atomic E-state index is 11.0. The SMILES string of the molecule is NC(=O)C1=Cc2ccccc2OCC1. The molecule has 0 atom stereocenters. The summed E-state index contributed by atoms with van der Waals surface area (Å²) in [7, 11) is 0. The summed E-state index contributed by atoms with van der Waals surface area (Å²) in [5.74, 6) is 0.439. The molecule has 0 radical (unpaired) electrons. The van der Waals surface area contributed by atoms with Crippen LogP contribution in [-0.2, 0) is 4.79 Å². The Balaban J connectivity index is 2.44. The average Bonchev–Trinajstić information content (AvgIpc) is 2.39. The van der Waals surface area contributed by atoms with E-state index >= 15 is 0 Å². The lowest BCUT2D eigenvalue weighted by molar-refractivity contribution is -0.114. The Kier molecular flexibility index (Phi) is 2.23. The van der Waals surface area contributed by atoms with Crippen molar-refractivity contribution in [3.05, 3.63) is 35.4 Å². The number of fused-ring (bicyclic) bond motifs is 1. The van der Waals surface area contributed by atoms with Gasteiger partial charge in [0.2, 0.25) is 5.91 Å². The molecule has 0 unspecified atom stereocenters. The zero-order valence-corrected chi connectivity index (χ0v) is 7.69. The number of carbonyl (C=O) groups excluding carboxylic acids is 1. The van der Waals surface area contributed by atoms with Crippen LogP contribution < -0.4 is 10.5 Å². The molecule has 3 nitrogen and oxygen atoms in total. The molecular weight excluding hydrogens is 178 g/mol. The predicted molar refractivity (Wildman–Crippen MR) is 53.7 cm³/mol. The molecule has 1 aromatic rings. The summed E-state index contributed by atoms with van der Waals surface area (Å²) < 4.78 is 5.47. The molecule has 0 bridgehead atoms. The molecular formula is C11H11NO2. The molecule has 1 amide bonds. The highest BCUT2D eigenvalue weighted by molar-refractivity contribution is 5.97. The lowest BCUT2D eigenvalue weighted by Gasteiger charge is -2.03. The van der Waals surface area contributed by atoms with Gasteiger partial charge < -0.3 is 10.5 Å². The van der Waals surface area contributed by atoms with Gasteiger partial charge in [0.15, 0.2) is 0 Å². The van der Waals surface area contributed by atoms with Gasteiger partial charge >= 0.3 is 0 Å². The van der Waals surface area contributed by atoms with E-state index in [1.165, 1.54) is 0 Å². The summed E-state index contributed by atoms with van der Waals surface area (Å²) in [5, 5.41) is 0. The number of hydrogen-bond acceptors (Lipinski definition) is 2. The molecule has 2 N–H and O–H groups in total. The number of ether oxygens (including phenoxy) is 1. The lowest BCUT2D eigenvalue weighted by atomic mass is 10.1. The summed E-state index contributed by atoms with van der Waals surface area (Å²) in [5.41, 5.74) is 6.77. The minimum Gasteiger partial charge on any atom is -0.493 e. The summed E-state index contributed by atoms with van der Waals surface area (Å²) in [6.45, 7) is 0.506. The predicted octanol–water partition coefficient (Wildman–Crippen LogP) is 1.34. The second kappa shape index (κ2) is 3.54. The summed E-state index contributed by atoms with van der Waals surface area (Å²) in [4.78, 5) is 11.0. The Morgan fingerprint density at radius 2 is 2.14 bits per heavy atom. The van der Waals surface area contributed by atoms with Crippen LogP contribution in [-0.4, -0.2) is 12.5 Å². The van der Waals surface area contributed by atoms with Crippen molar-refractivity contribution in [3.8, 4) is 5.75 Å². The first-order chi connectivity index (χ1) is 6.77. The van der Waals surface area contributed by atoms with Crippen molar-refractivity contribution in [3.63, 3.8) is 0 Å². The van der Waals surface area contributed by atoms with Gasteiger partial charge in [0.1, 0.15) is 5.75 Å². The minimum atomic E-state index is -0.370. The van der Waals surface area contributed by atoms with Gasteiger partial charge in [-0.2, -0.15) is 0 Å². The largest absolute Gasteiger partial charge is 0.493 e. The Morgan fingerprint density at radius 1 is 1.36 bits per heavy atom. The topological polar surface area (TPSA) is 52.3 Å². The average molecular weight is 189 g/mol. The third kappa shape index (κ3) is 1.62. The van der Waals surface area contributed by atoms with Crippen LogP contribution in [0.1, 0.15) is 12.0 Å². The van der Waals surface area contributed by atoms with Crippen molar-refractivity contribution >= 4 is 12.0 Å². The van der Waals surface area contributed by atoms with Gasteiger partial charge in [-0.05, 0) is 12.1 Å². The molecule has 0 aromatic heterocycles. The fourth-order valence-electron chi connectivity index (χ4n) is 1.46. The summed E-state index contributed by atoms with van der Waals surface area (Å²) in [6.07, 6.45) is 2.37. The van der Waals surface area contributed by atoms with E-state index in [4.69, 9.17) is 10.5 Å². The van der Waals surface area contributed by atoms with E-state index in [-0.39, 0.29) is 5.91 Å². The highest BCUT2D eigenvalue weighted by Crippen LogP contribution is 2.24. The number of hydrogen-bond donors (Lipinski definition) is 1. The van der Waals surface area contributed by atoms with Gasteiger partial charge in [0.05, 0.1) is 6.61 Å². The molecule has 0 saturated carbocycles. The van der Waals surface area contributed by atoms with Crippen LogP contribution in [0.5, 0.6) is 5.75 Å². The van der Waals surface area contributed by atoms with Crippen molar-refractivity contribution in [1.82, 2.24) is 0 Å². The molecule has 1 heterocycles. The highest BCUT2D eigenvalue weighted by atomic mass is 16.5. The van der Waals surface area contributed by atoms with E-state index in [1.807, 2.05) is 24.3 Å². The Hall–Kier alpha value is -1.77. The molecule has 14 heavy (non-hydrogen) atoms. The third-order valence-electron chi connectivity index (χ3n) is 2.19. The molecule has 3 heteroatoms. The van der Waals surface area contributed by atoms with Crippen LogP contribution in [0.15, 0.2) is 29.8 Å². The maximum absolute atomic E-state index is 11.0. The molecule has 0 fully saturated rings. The fraction of sp³-hybridized carbons (Fsp3) is 0.182. The van der Waals surface area contributed by atoms with Crippen LogP contribution >= 0.6 is 0 Å². The quantitative estimate of drug-likeness (QED) is 0.724.